The third kappa shape index (κ3) is 4.42. The van der Waals surface area contributed by atoms with Gasteiger partial charge in [-0.3, -0.25) is 9.69 Å². The molecule has 1 aliphatic heterocycles. The maximum atomic E-state index is 12.5. The number of hydrogen-bond acceptors (Lipinski definition) is 3. The minimum Gasteiger partial charge on any atom is -0.497 e. The van der Waals surface area contributed by atoms with Crippen molar-refractivity contribution in [1.29, 1.82) is 0 Å². The molecule has 1 heterocycles. The number of piperidine rings is 1. The normalized spacial score (nSPS) is 21.5. The van der Waals surface area contributed by atoms with Crippen LogP contribution < -0.4 is 4.74 Å². The Morgan fingerprint density at radius 1 is 1.29 bits per heavy atom. The summed E-state index contributed by atoms with van der Waals surface area (Å²) in [6.07, 6.45) is 5.68. The molecular weight excluding hydrogens is 324 g/mol. The lowest BCUT2D eigenvalue weighted by molar-refractivity contribution is -0.140. The Kier molecular flexibility index (Phi) is 6.93. The number of carbonyl (C=O) groups excluding carboxylic acids is 1. The van der Waals surface area contributed by atoms with E-state index < -0.39 is 0 Å². The molecule has 1 atom stereocenters. The SMILES string of the molecule is COc1cccc(CN2CCCC(N(C)C(=O)C3CCC3)C2)c1.Cl. The van der Waals surface area contributed by atoms with Crippen molar-refractivity contribution in [3.63, 3.8) is 0 Å². The summed E-state index contributed by atoms with van der Waals surface area (Å²) in [6, 6.07) is 8.64. The number of methoxy groups -OCH3 is 1. The van der Waals surface area contributed by atoms with Gasteiger partial charge in [0.15, 0.2) is 0 Å². The van der Waals surface area contributed by atoms with Crippen molar-refractivity contribution < 1.29 is 9.53 Å². The van der Waals surface area contributed by atoms with E-state index >= 15 is 0 Å². The zero-order valence-corrected chi connectivity index (χ0v) is 15.6. The van der Waals surface area contributed by atoms with E-state index in [4.69, 9.17) is 4.74 Å². The van der Waals surface area contributed by atoms with E-state index in [0.29, 0.717) is 17.9 Å². The van der Waals surface area contributed by atoms with Gasteiger partial charge in [0.25, 0.3) is 0 Å². The van der Waals surface area contributed by atoms with Gasteiger partial charge in [-0.05, 0) is 49.9 Å². The van der Waals surface area contributed by atoms with E-state index in [9.17, 15) is 4.79 Å². The Balaban J connectivity index is 0.00000208. The molecule has 1 amide bonds. The molecule has 1 saturated carbocycles. The number of likely N-dealkylation sites (tertiary alicyclic amines) is 1. The molecule has 1 saturated heterocycles. The summed E-state index contributed by atoms with van der Waals surface area (Å²) in [5, 5.41) is 0. The van der Waals surface area contributed by atoms with Crippen LogP contribution in [0, 0.1) is 5.92 Å². The molecule has 4 nitrogen and oxygen atoms in total. The lowest BCUT2D eigenvalue weighted by Gasteiger charge is -2.40. The number of hydrogen-bond donors (Lipinski definition) is 0. The molecule has 0 bridgehead atoms. The zero-order chi connectivity index (χ0) is 16.2. The predicted octanol–water partition coefficient (Wildman–Crippen LogP) is 3.34. The highest BCUT2D eigenvalue weighted by molar-refractivity contribution is 5.85. The molecule has 5 heteroatoms. The molecule has 1 aromatic carbocycles. The summed E-state index contributed by atoms with van der Waals surface area (Å²) in [7, 11) is 3.71. The number of carbonyl (C=O) groups is 1. The van der Waals surface area contributed by atoms with E-state index in [-0.39, 0.29) is 12.4 Å². The summed E-state index contributed by atoms with van der Waals surface area (Å²) in [6.45, 7) is 3.02. The predicted molar refractivity (Wildman–Crippen MR) is 98.7 cm³/mol. The quantitative estimate of drug-likeness (QED) is 0.814. The van der Waals surface area contributed by atoms with E-state index in [1.165, 1.54) is 12.0 Å². The van der Waals surface area contributed by atoms with Crippen LogP contribution >= 0.6 is 12.4 Å². The molecule has 24 heavy (non-hydrogen) atoms. The van der Waals surface area contributed by atoms with Crippen LogP contribution in [0.2, 0.25) is 0 Å². The first kappa shape index (κ1) is 19.1. The van der Waals surface area contributed by atoms with Gasteiger partial charge in [-0.1, -0.05) is 18.6 Å². The number of halogens is 1. The van der Waals surface area contributed by atoms with Gasteiger partial charge in [-0.2, -0.15) is 0 Å². The Hall–Kier alpha value is -1.26. The van der Waals surface area contributed by atoms with Crippen LogP contribution in [0.25, 0.3) is 0 Å². The van der Waals surface area contributed by atoms with E-state index in [0.717, 1.165) is 51.1 Å². The van der Waals surface area contributed by atoms with Gasteiger partial charge in [0, 0.05) is 32.1 Å². The van der Waals surface area contributed by atoms with Crippen molar-refractivity contribution in [2.24, 2.45) is 5.92 Å². The van der Waals surface area contributed by atoms with Crippen LogP contribution in [0.5, 0.6) is 5.75 Å². The van der Waals surface area contributed by atoms with Crippen LogP contribution in [-0.2, 0) is 11.3 Å². The maximum absolute atomic E-state index is 12.5. The van der Waals surface area contributed by atoms with Crippen LogP contribution in [0.1, 0.15) is 37.7 Å². The highest BCUT2D eigenvalue weighted by atomic mass is 35.5. The van der Waals surface area contributed by atoms with Crippen LogP contribution in [0.4, 0.5) is 0 Å². The molecule has 1 aliphatic carbocycles. The Bertz CT molecular complexity index is 548. The Morgan fingerprint density at radius 2 is 2.08 bits per heavy atom. The Morgan fingerprint density at radius 3 is 2.75 bits per heavy atom. The first-order valence-corrected chi connectivity index (χ1v) is 8.79. The van der Waals surface area contributed by atoms with Gasteiger partial charge < -0.3 is 9.64 Å². The van der Waals surface area contributed by atoms with Gasteiger partial charge in [0.1, 0.15) is 5.75 Å². The van der Waals surface area contributed by atoms with Gasteiger partial charge in [0.05, 0.1) is 7.11 Å². The molecule has 0 aromatic heterocycles. The fraction of sp³-hybridized carbons (Fsp3) is 0.632. The first-order chi connectivity index (χ1) is 11.2. The van der Waals surface area contributed by atoms with Crippen molar-refractivity contribution in [3.8, 4) is 5.75 Å². The number of nitrogens with zero attached hydrogens (tertiary/aromatic N) is 2. The third-order valence-corrected chi connectivity index (χ3v) is 5.37. The van der Waals surface area contributed by atoms with Crippen molar-refractivity contribution in [2.75, 3.05) is 27.2 Å². The molecule has 0 spiro atoms. The first-order valence-electron chi connectivity index (χ1n) is 8.79. The molecule has 2 aliphatic rings. The molecule has 0 radical (unpaired) electrons. The monoisotopic (exact) mass is 352 g/mol. The average Bonchev–Trinajstić information content (AvgIpc) is 2.53. The largest absolute Gasteiger partial charge is 0.497 e. The second-order valence-electron chi connectivity index (χ2n) is 6.96. The highest BCUT2D eigenvalue weighted by Gasteiger charge is 2.32. The third-order valence-electron chi connectivity index (χ3n) is 5.37. The van der Waals surface area contributed by atoms with Crippen molar-refractivity contribution in [2.45, 2.75) is 44.7 Å². The summed E-state index contributed by atoms with van der Waals surface area (Å²) in [5.74, 6) is 1.58. The average molecular weight is 353 g/mol. The summed E-state index contributed by atoms with van der Waals surface area (Å²) in [5.41, 5.74) is 1.28. The summed E-state index contributed by atoms with van der Waals surface area (Å²) >= 11 is 0. The molecule has 0 N–H and O–H groups in total. The number of ether oxygens (including phenoxy) is 1. The summed E-state index contributed by atoms with van der Waals surface area (Å²) in [4.78, 5) is 17.0. The molecule has 1 unspecified atom stereocenters. The molecule has 3 rings (SSSR count). The standard InChI is InChI=1S/C19H28N2O2.ClH/c1-20(19(22)16-7-4-8-16)17-9-5-11-21(14-17)13-15-6-3-10-18(12-15)23-2;/h3,6,10,12,16-17H,4-5,7-9,11,13-14H2,1-2H3;1H. The smallest absolute Gasteiger partial charge is 0.225 e. The topological polar surface area (TPSA) is 32.8 Å². The molecule has 134 valence electrons. The molecule has 2 fully saturated rings. The van der Waals surface area contributed by atoms with Gasteiger partial charge in [0.2, 0.25) is 5.91 Å². The fourth-order valence-electron chi connectivity index (χ4n) is 3.64. The van der Waals surface area contributed by atoms with Gasteiger partial charge >= 0.3 is 0 Å². The number of amides is 1. The van der Waals surface area contributed by atoms with E-state index in [1.807, 2.05) is 24.1 Å². The summed E-state index contributed by atoms with van der Waals surface area (Å²) < 4.78 is 5.31. The van der Waals surface area contributed by atoms with Crippen molar-refractivity contribution in [1.82, 2.24) is 9.80 Å². The lowest BCUT2D eigenvalue weighted by atomic mass is 9.84. The minimum atomic E-state index is 0. The van der Waals surface area contributed by atoms with Crippen molar-refractivity contribution in [3.05, 3.63) is 29.8 Å². The Labute approximate surface area is 151 Å². The van der Waals surface area contributed by atoms with Crippen LogP contribution in [-0.4, -0.2) is 49.0 Å². The lowest BCUT2D eigenvalue weighted by Crippen LogP contribution is -2.50. The maximum Gasteiger partial charge on any atom is 0.225 e. The van der Waals surface area contributed by atoms with Crippen molar-refractivity contribution >= 4 is 18.3 Å². The van der Waals surface area contributed by atoms with Crippen LogP contribution in [0.15, 0.2) is 24.3 Å². The molecule has 1 aromatic rings. The van der Waals surface area contributed by atoms with Gasteiger partial charge in [-0.25, -0.2) is 0 Å². The van der Waals surface area contributed by atoms with Crippen LogP contribution in [0.3, 0.4) is 0 Å². The van der Waals surface area contributed by atoms with E-state index in [1.54, 1.807) is 7.11 Å². The van der Waals surface area contributed by atoms with E-state index in [2.05, 4.69) is 17.0 Å². The molecular formula is C19H29ClN2O2. The number of rotatable bonds is 5. The highest BCUT2D eigenvalue weighted by Crippen LogP contribution is 2.29. The number of likely N-dealkylation sites (N-methyl/N-ethyl adjacent to an activating group) is 1. The van der Waals surface area contributed by atoms with Gasteiger partial charge in [-0.15, -0.1) is 12.4 Å². The second-order valence-corrected chi connectivity index (χ2v) is 6.96. The minimum absolute atomic E-state index is 0. The fourth-order valence-corrected chi connectivity index (χ4v) is 3.64. The second kappa shape index (κ2) is 8.72. The number of benzene rings is 1. The zero-order valence-electron chi connectivity index (χ0n) is 14.7.